The Morgan fingerprint density at radius 3 is 2.58 bits per heavy atom. The molecule has 1 aromatic heterocycles. The zero-order chi connectivity index (χ0) is 31.8. The molecule has 3 saturated heterocycles. The van der Waals surface area contributed by atoms with E-state index in [0.29, 0.717) is 53.5 Å². The molecule has 13 heteroatoms. The number of hydrogen-bond acceptors (Lipinski definition) is 7. The first-order valence-electron chi connectivity index (χ1n) is 15.4. The largest absolute Gasteiger partial charge is 0.455 e. The van der Waals surface area contributed by atoms with Crippen LogP contribution in [0, 0.1) is 11.7 Å². The van der Waals surface area contributed by atoms with E-state index < -0.39 is 34.0 Å². The van der Waals surface area contributed by atoms with Gasteiger partial charge in [-0.3, -0.25) is 9.10 Å². The molecule has 1 aliphatic carbocycles. The van der Waals surface area contributed by atoms with Crippen LogP contribution in [0.3, 0.4) is 0 Å². The van der Waals surface area contributed by atoms with Gasteiger partial charge in [0.05, 0.1) is 29.6 Å². The molecule has 7 unspecified atom stereocenters. The molecule has 3 aromatic rings. The number of amides is 2. The molecule has 4 heterocycles. The fraction of sp³-hybridized carbons (Fsp3) is 0.500. The summed E-state index contributed by atoms with van der Waals surface area (Å²) in [5.41, 5.74) is 2.03. The number of alkyl halides is 1. The summed E-state index contributed by atoms with van der Waals surface area (Å²) in [5, 5.41) is 6.80. The molecule has 7 atom stereocenters. The normalized spacial score (nSPS) is 29.5. The minimum absolute atomic E-state index is 0.191. The van der Waals surface area contributed by atoms with E-state index in [1.807, 2.05) is 0 Å². The number of ether oxygens (including phenoxy) is 1. The number of furan rings is 1. The van der Waals surface area contributed by atoms with Crippen molar-refractivity contribution in [3.05, 3.63) is 53.3 Å². The van der Waals surface area contributed by atoms with E-state index in [2.05, 4.69) is 10.6 Å². The molecule has 2 amide bonds. The second-order valence-corrected chi connectivity index (χ2v) is 14.7. The first-order valence-corrected chi connectivity index (χ1v) is 17.2. The van der Waals surface area contributed by atoms with Gasteiger partial charge in [-0.1, -0.05) is 0 Å². The Hall–Kier alpha value is -3.71. The lowest BCUT2D eigenvalue weighted by molar-refractivity contribution is -0.0460. The quantitative estimate of drug-likeness (QED) is 0.407. The Morgan fingerprint density at radius 1 is 1.11 bits per heavy atom. The van der Waals surface area contributed by atoms with E-state index in [1.165, 1.54) is 42.7 Å². The topological polar surface area (TPSA) is 121 Å². The summed E-state index contributed by atoms with van der Waals surface area (Å²) >= 11 is 0. The van der Waals surface area contributed by atoms with Gasteiger partial charge >= 0.3 is 6.09 Å². The third-order valence-electron chi connectivity index (χ3n) is 10.2. The smallest absolute Gasteiger partial charge is 0.410 e. The van der Waals surface area contributed by atoms with Crippen molar-refractivity contribution in [3.63, 3.8) is 0 Å². The molecule has 4 fully saturated rings. The number of carbonyl (C=O) groups excluding carboxylic acids is 2. The minimum Gasteiger partial charge on any atom is -0.455 e. The number of hydrogen-bond donors (Lipinski definition) is 2. The van der Waals surface area contributed by atoms with Crippen molar-refractivity contribution in [2.75, 3.05) is 24.7 Å². The number of rotatable bonds is 5. The highest BCUT2D eigenvalue weighted by Gasteiger charge is 2.57. The number of nitrogens with one attached hydrogen (secondary N) is 2. The summed E-state index contributed by atoms with van der Waals surface area (Å²) in [7, 11) is -0.746. The third-order valence-corrected chi connectivity index (χ3v) is 11.4. The highest BCUT2D eigenvalue weighted by atomic mass is 32.2. The highest BCUT2D eigenvalue weighted by molar-refractivity contribution is 7.92. The first kappa shape index (κ1) is 30.0. The van der Waals surface area contributed by atoms with Crippen molar-refractivity contribution >= 4 is 38.7 Å². The van der Waals surface area contributed by atoms with Gasteiger partial charge in [-0.05, 0) is 74.4 Å². The van der Waals surface area contributed by atoms with Crippen LogP contribution in [0.2, 0.25) is 0 Å². The van der Waals surface area contributed by atoms with Gasteiger partial charge < -0.3 is 24.7 Å². The molecule has 2 aromatic carbocycles. The number of nitrogens with zero attached hydrogens (tertiary/aromatic N) is 2. The van der Waals surface area contributed by atoms with Crippen LogP contribution in [0.1, 0.15) is 60.5 Å². The van der Waals surface area contributed by atoms with E-state index in [-0.39, 0.29) is 47.5 Å². The fourth-order valence-corrected chi connectivity index (χ4v) is 8.48. The number of carbonyl (C=O) groups is 2. The van der Waals surface area contributed by atoms with Crippen LogP contribution in [0.4, 0.5) is 19.3 Å². The van der Waals surface area contributed by atoms with Gasteiger partial charge in [-0.2, -0.15) is 0 Å². The van der Waals surface area contributed by atoms with Gasteiger partial charge in [-0.15, -0.1) is 0 Å². The monoisotopic (exact) mass is 642 g/mol. The number of fused-ring (bicyclic) bond motifs is 6. The second-order valence-electron chi connectivity index (χ2n) is 12.7. The predicted octanol–water partition coefficient (Wildman–Crippen LogP) is 4.89. The van der Waals surface area contributed by atoms with Gasteiger partial charge in [0.1, 0.15) is 29.4 Å². The van der Waals surface area contributed by atoms with Crippen molar-refractivity contribution < 1.29 is 35.9 Å². The van der Waals surface area contributed by atoms with Crippen molar-refractivity contribution in [2.24, 2.45) is 5.92 Å². The van der Waals surface area contributed by atoms with E-state index in [1.54, 1.807) is 17.0 Å². The number of sulfonamides is 1. The molecule has 240 valence electrons. The minimum atomic E-state index is -3.71. The molecule has 1 saturated carbocycles. The maximum absolute atomic E-state index is 15.0. The maximum Gasteiger partial charge on any atom is 0.410 e. The average molecular weight is 643 g/mol. The van der Waals surface area contributed by atoms with E-state index in [0.717, 1.165) is 19.1 Å². The van der Waals surface area contributed by atoms with Crippen molar-refractivity contribution in [1.82, 2.24) is 15.5 Å². The van der Waals surface area contributed by atoms with Crippen molar-refractivity contribution in [1.29, 1.82) is 0 Å². The van der Waals surface area contributed by atoms with Crippen LogP contribution in [-0.4, -0.2) is 76.1 Å². The Labute approximate surface area is 260 Å². The zero-order valence-corrected chi connectivity index (χ0v) is 26.1. The van der Waals surface area contributed by atoms with Crippen LogP contribution in [-0.2, 0) is 14.8 Å². The first-order chi connectivity index (χ1) is 21.5. The molecule has 4 aliphatic rings. The van der Waals surface area contributed by atoms with Gasteiger partial charge in [0.2, 0.25) is 10.0 Å². The molecule has 2 N–H and O–H groups in total. The summed E-state index contributed by atoms with van der Waals surface area (Å²) in [6.07, 6.45) is 2.93. The highest BCUT2D eigenvalue weighted by Crippen LogP contribution is 2.48. The Morgan fingerprint density at radius 2 is 1.87 bits per heavy atom. The molecule has 0 bridgehead atoms. The molecule has 0 radical (unpaired) electrons. The lowest BCUT2D eigenvalue weighted by atomic mass is 9.81. The van der Waals surface area contributed by atoms with Crippen LogP contribution >= 0.6 is 0 Å². The molecular weight excluding hydrogens is 606 g/mol. The van der Waals surface area contributed by atoms with E-state index >= 15 is 4.39 Å². The van der Waals surface area contributed by atoms with Gasteiger partial charge in [0.15, 0.2) is 0 Å². The third kappa shape index (κ3) is 4.95. The maximum atomic E-state index is 15.0. The van der Waals surface area contributed by atoms with Crippen molar-refractivity contribution in [3.8, 4) is 11.3 Å². The summed E-state index contributed by atoms with van der Waals surface area (Å²) < 4.78 is 67.7. The molecule has 7 rings (SSSR count). The van der Waals surface area contributed by atoms with E-state index in [4.69, 9.17) is 9.15 Å². The van der Waals surface area contributed by atoms with Crippen LogP contribution < -0.4 is 14.9 Å². The Kier molecular flexibility index (Phi) is 7.31. The van der Waals surface area contributed by atoms with Crippen LogP contribution in [0.5, 0.6) is 0 Å². The molecule has 0 spiro atoms. The number of benzene rings is 2. The number of halogens is 2. The fourth-order valence-electron chi connectivity index (χ4n) is 7.96. The number of anilines is 1. The Bertz CT molecular complexity index is 1780. The standard InChI is InChI=1S/C32H36F2N4O6S/c1-35-31(39)28-20-13-19(24(37(2)45(3,41)42)15-27(20)43-30(28)16-7-9-17(33)10-8-16)22-11-12-26-29(36-22)25-14-18-21(34)5-4-6-23(18)38(25)32(40)44-26/h7-10,13,15,18,21-23,25-26,29,36H,4-6,11-12,14H2,1-3H3,(H,35,39). The predicted molar refractivity (Wildman–Crippen MR) is 164 cm³/mol. The van der Waals surface area contributed by atoms with Gasteiger partial charge in [0, 0.05) is 49.1 Å². The van der Waals surface area contributed by atoms with Crippen LogP contribution in [0.15, 0.2) is 40.8 Å². The average Bonchev–Trinajstić information content (AvgIpc) is 3.60. The SMILES string of the molecule is CNC(=O)c1c(-c2ccc(F)cc2)oc2cc(N(C)S(C)(=O)=O)c(C3CCC4OC(=O)N5C6CCCC(F)C6CC5C4N3)cc12. The molecule has 3 aliphatic heterocycles. The zero-order valence-electron chi connectivity index (χ0n) is 25.3. The summed E-state index contributed by atoms with van der Waals surface area (Å²) in [4.78, 5) is 28.1. The van der Waals surface area contributed by atoms with Crippen LogP contribution in [0.25, 0.3) is 22.3 Å². The molecule has 10 nitrogen and oxygen atoms in total. The van der Waals surface area contributed by atoms with Gasteiger partial charge in [-0.25, -0.2) is 22.0 Å². The van der Waals surface area contributed by atoms with Gasteiger partial charge in [0.25, 0.3) is 5.91 Å². The lowest BCUT2D eigenvalue weighted by Crippen LogP contribution is -2.64. The van der Waals surface area contributed by atoms with E-state index in [9.17, 15) is 22.4 Å². The molecular formula is C32H36F2N4O6S. The summed E-state index contributed by atoms with van der Waals surface area (Å²) in [6, 6.07) is 7.88. The number of piperidine rings is 1. The summed E-state index contributed by atoms with van der Waals surface area (Å²) in [5.74, 6) is -0.848. The second kappa shape index (κ2) is 11.0. The Balaban J connectivity index is 1.33. The summed E-state index contributed by atoms with van der Waals surface area (Å²) in [6.45, 7) is 0. The lowest BCUT2D eigenvalue weighted by Gasteiger charge is -2.48. The van der Waals surface area contributed by atoms with Crippen molar-refractivity contribution in [2.45, 2.75) is 75.0 Å². The molecule has 45 heavy (non-hydrogen) atoms.